The Bertz CT molecular complexity index is 969. The van der Waals surface area contributed by atoms with Crippen molar-refractivity contribution in [1.82, 2.24) is 0 Å². The highest BCUT2D eigenvalue weighted by Crippen LogP contribution is 2.19. The Morgan fingerprint density at radius 1 is 0.769 bits per heavy atom. The van der Waals surface area contributed by atoms with E-state index in [-0.39, 0.29) is 11.8 Å². The third-order valence-electron chi connectivity index (χ3n) is 3.85. The number of carbonyl (C=O) groups is 2. The molecule has 0 heterocycles. The molecule has 2 N–H and O–H groups in total. The third-order valence-corrected chi connectivity index (χ3v) is 4.09. The number of rotatable bonds is 4. The molecule has 26 heavy (non-hydrogen) atoms. The first-order valence-corrected chi connectivity index (χ1v) is 8.45. The van der Waals surface area contributed by atoms with E-state index in [0.717, 1.165) is 5.56 Å². The summed E-state index contributed by atoms with van der Waals surface area (Å²) in [5, 5.41) is 6.15. The zero-order valence-corrected chi connectivity index (χ0v) is 14.9. The predicted octanol–water partition coefficient (Wildman–Crippen LogP) is 5.15. The highest BCUT2D eigenvalue weighted by atomic mass is 35.5. The number of halogens is 1. The fourth-order valence-corrected chi connectivity index (χ4v) is 2.72. The Hall–Kier alpha value is -3.11. The predicted molar refractivity (Wildman–Crippen MR) is 105 cm³/mol. The van der Waals surface area contributed by atoms with Crippen LogP contribution in [0.4, 0.5) is 11.4 Å². The fourth-order valence-electron chi connectivity index (χ4n) is 2.53. The molecule has 0 unspecified atom stereocenters. The molecule has 0 atom stereocenters. The Kier molecular flexibility index (Phi) is 5.34. The number of aryl methyl sites for hydroxylation is 1. The average Bonchev–Trinajstić information content (AvgIpc) is 2.62. The fraction of sp³-hybridized carbons (Fsp3) is 0.0476. The van der Waals surface area contributed by atoms with Gasteiger partial charge in [-0.15, -0.1) is 0 Å². The van der Waals surface area contributed by atoms with Crippen molar-refractivity contribution in [1.29, 1.82) is 0 Å². The van der Waals surface area contributed by atoms with Crippen molar-refractivity contribution in [2.75, 3.05) is 10.6 Å². The first kappa shape index (κ1) is 17.7. The molecule has 0 aromatic heterocycles. The summed E-state index contributed by atoms with van der Waals surface area (Å²) in [7, 11) is 0. The number of hydrogen-bond donors (Lipinski definition) is 2. The lowest BCUT2D eigenvalue weighted by Crippen LogP contribution is -2.14. The van der Waals surface area contributed by atoms with Gasteiger partial charge in [0.15, 0.2) is 0 Å². The second kappa shape index (κ2) is 7.85. The van der Waals surface area contributed by atoms with Gasteiger partial charge < -0.3 is 10.6 Å². The van der Waals surface area contributed by atoms with Gasteiger partial charge in [-0.05, 0) is 55.0 Å². The normalized spacial score (nSPS) is 10.2. The Morgan fingerprint density at radius 3 is 2.12 bits per heavy atom. The van der Waals surface area contributed by atoms with E-state index in [4.69, 9.17) is 11.6 Å². The van der Waals surface area contributed by atoms with Gasteiger partial charge in [-0.3, -0.25) is 9.59 Å². The first-order valence-electron chi connectivity index (χ1n) is 8.07. The molecular formula is C21H17ClN2O2. The van der Waals surface area contributed by atoms with Crippen molar-refractivity contribution in [3.05, 3.63) is 94.5 Å². The van der Waals surface area contributed by atoms with Crippen molar-refractivity contribution in [3.8, 4) is 0 Å². The summed E-state index contributed by atoms with van der Waals surface area (Å²) in [5.41, 5.74) is 3.16. The monoisotopic (exact) mass is 364 g/mol. The van der Waals surface area contributed by atoms with E-state index in [2.05, 4.69) is 10.6 Å². The number of nitrogens with one attached hydrogen (secondary N) is 2. The van der Waals surface area contributed by atoms with Crippen LogP contribution in [-0.4, -0.2) is 11.8 Å². The van der Waals surface area contributed by atoms with Crippen molar-refractivity contribution in [2.24, 2.45) is 0 Å². The number of carbonyl (C=O) groups excluding carboxylic acids is 2. The molecule has 0 bridgehead atoms. The zero-order chi connectivity index (χ0) is 18.5. The topological polar surface area (TPSA) is 58.2 Å². The van der Waals surface area contributed by atoms with Crippen molar-refractivity contribution in [2.45, 2.75) is 6.92 Å². The van der Waals surface area contributed by atoms with Crippen molar-refractivity contribution in [3.63, 3.8) is 0 Å². The lowest BCUT2D eigenvalue weighted by atomic mass is 10.1. The molecule has 130 valence electrons. The van der Waals surface area contributed by atoms with Gasteiger partial charge in [-0.2, -0.15) is 0 Å². The summed E-state index contributed by atoms with van der Waals surface area (Å²) in [5.74, 6) is -0.462. The standard InChI is InChI=1S/C21H17ClN2O2/c1-14-6-2-3-11-19(14)21(26)24-18-10-5-9-17(13-18)23-20(25)15-7-4-8-16(22)12-15/h2-13H,1H3,(H,23,25)(H,24,26). The molecule has 0 spiro atoms. The lowest BCUT2D eigenvalue weighted by Gasteiger charge is -2.10. The molecule has 0 radical (unpaired) electrons. The van der Waals surface area contributed by atoms with E-state index in [0.29, 0.717) is 27.5 Å². The van der Waals surface area contributed by atoms with Gasteiger partial charge in [0.1, 0.15) is 0 Å². The summed E-state index contributed by atoms with van der Waals surface area (Å²) in [6.45, 7) is 1.89. The summed E-state index contributed by atoms with van der Waals surface area (Å²) < 4.78 is 0. The molecule has 4 nitrogen and oxygen atoms in total. The van der Waals surface area contributed by atoms with Gasteiger partial charge in [-0.1, -0.05) is 41.9 Å². The Labute approximate surface area is 156 Å². The lowest BCUT2D eigenvalue weighted by molar-refractivity contribution is 0.101. The highest BCUT2D eigenvalue weighted by molar-refractivity contribution is 6.31. The van der Waals surface area contributed by atoms with Crippen LogP contribution in [0.25, 0.3) is 0 Å². The molecule has 3 aromatic rings. The summed E-state index contributed by atoms with van der Waals surface area (Å²) in [6, 6.07) is 21.1. The van der Waals surface area contributed by atoms with Gasteiger partial charge in [-0.25, -0.2) is 0 Å². The van der Waals surface area contributed by atoms with Crippen LogP contribution in [0.1, 0.15) is 26.3 Å². The van der Waals surface area contributed by atoms with Crippen LogP contribution >= 0.6 is 11.6 Å². The Morgan fingerprint density at radius 2 is 1.42 bits per heavy atom. The van der Waals surface area contributed by atoms with Crippen LogP contribution in [0.5, 0.6) is 0 Å². The molecule has 2 amide bonds. The van der Waals surface area contributed by atoms with Crippen molar-refractivity contribution >= 4 is 34.8 Å². The Balaban J connectivity index is 1.73. The largest absolute Gasteiger partial charge is 0.322 e. The van der Waals surface area contributed by atoms with Gasteiger partial charge in [0.2, 0.25) is 0 Å². The minimum atomic E-state index is -0.269. The molecule has 3 rings (SSSR count). The second-order valence-corrected chi connectivity index (χ2v) is 6.25. The molecule has 0 aliphatic heterocycles. The van der Waals surface area contributed by atoms with Crippen LogP contribution in [0.3, 0.4) is 0 Å². The average molecular weight is 365 g/mol. The molecular weight excluding hydrogens is 348 g/mol. The quantitative estimate of drug-likeness (QED) is 0.672. The smallest absolute Gasteiger partial charge is 0.255 e. The number of anilines is 2. The molecule has 0 fully saturated rings. The highest BCUT2D eigenvalue weighted by Gasteiger charge is 2.10. The molecule has 0 saturated heterocycles. The second-order valence-electron chi connectivity index (χ2n) is 5.81. The summed E-state index contributed by atoms with van der Waals surface area (Å²) >= 11 is 5.92. The molecule has 3 aromatic carbocycles. The van der Waals surface area contributed by atoms with Crippen LogP contribution < -0.4 is 10.6 Å². The van der Waals surface area contributed by atoms with Crippen LogP contribution in [-0.2, 0) is 0 Å². The summed E-state index contributed by atoms with van der Waals surface area (Å²) in [6.07, 6.45) is 0. The molecule has 0 aliphatic rings. The van der Waals surface area contributed by atoms with E-state index >= 15 is 0 Å². The van der Waals surface area contributed by atoms with Crippen LogP contribution in [0, 0.1) is 6.92 Å². The summed E-state index contributed by atoms with van der Waals surface area (Å²) in [4.78, 5) is 24.7. The van der Waals surface area contributed by atoms with E-state index < -0.39 is 0 Å². The van der Waals surface area contributed by atoms with Crippen molar-refractivity contribution < 1.29 is 9.59 Å². The molecule has 0 saturated carbocycles. The maximum absolute atomic E-state index is 12.4. The van der Waals surface area contributed by atoms with E-state index in [9.17, 15) is 9.59 Å². The minimum Gasteiger partial charge on any atom is -0.322 e. The SMILES string of the molecule is Cc1ccccc1C(=O)Nc1cccc(NC(=O)c2cccc(Cl)c2)c1. The van der Waals surface area contributed by atoms with Crippen LogP contribution in [0.15, 0.2) is 72.8 Å². The molecule has 0 aliphatic carbocycles. The van der Waals surface area contributed by atoms with Gasteiger partial charge in [0.25, 0.3) is 11.8 Å². The van der Waals surface area contributed by atoms with Gasteiger partial charge in [0, 0.05) is 27.5 Å². The van der Waals surface area contributed by atoms with Gasteiger partial charge >= 0.3 is 0 Å². The molecule has 5 heteroatoms. The first-order chi connectivity index (χ1) is 12.5. The maximum Gasteiger partial charge on any atom is 0.255 e. The number of hydrogen-bond acceptors (Lipinski definition) is 2. The van der Waals surface area contributed by atoms with E-state index in [1.54, 1.807) is 54.6 Å². The van der Waals surface area contributed by atoms with Gasteiger partial charge in [0.05, 0.1) is 0 Å². The van der Waals surface area contributed by atoms with E-state index in [1.807, 2.05) is 25.1 Å². The maximum atomic E-state index is 12.4. The van der Waals surface area contributed by atoms with Crippen LogP contribution in [0.2, 0.25) is 5.02 Å². The number of benzene rings is 3. The number of amides is 2. The minimum absolute atomic E-state index is 0.193. The zero-order valence-electron chi connectivity index (χ0n) is 14.1. The third kappa shape index (κ3) is 4.29. The van der Waals surface area contributed by atoms with E-state index in [1.165, 1.54) is 0 Å².